The molecular weight excluding hydrogens is 342 g/mol. The highest BCUT2D eigenvalue weighted by Crippen LogP contribution is 2.18. The van der Waals surface area contributed by atoms with Crippen LogP contribution in [0.5, 0.6) is 0 Å². The lowest BCUT2D eigenvalue weighted by molar-refractivity contribution is 0.601. The van der Waals surface area contributed by atoms with Crippen LogP contribution in [0.1, 0.15) is 18.9 Å². The van der Waals surface area contributed by atoms with Crippen molar-refractivity contribution in [1.29, 1.82) is 0 Å². The lowest BCUT2D eigenvalue weighted by Gasteiger charge is -2.11. The Labute approximate surface area is 148 Å². The molecule has 0 aliphatic rings. The third-order valence-electron chi connectivity index (χ3n) is 3.26. The lowest BCUT2D eigenvalue weighted by atomic mass is 10.2. The first-order valence-electron chi connectivity index (χ1n) is 7.65. The number of aryl methyl sites for hydroxylation is 1. The zero-order chi connectivity index (χ0) is 17.6. The summed E-state index contributed by atoms with van der Waals surface area (Å²) in [5.41, 5.74) is 2.30. The Bertz CT molecular complexity index is 786. The molecule has 0 heterocycles. The standard InChI is InChI=1S/C17H21N3O2S2/c1-3-12-18-17(23)19-14-6-8-15(9-7-14)20-24(21,22)16-10-4-13(2)5-11-16/h4-11,20H,3,12H2,1-2H3,(H2,18,19,23). The Morgan fingerprint density at radius 3 is 2.17 bits per heavy atom. The van der Waals surface area contributed by atoms with Gasteiger partial charge in [-0.25, -0.2) is 8.42 Å². The van der Waals surface area contributed by atoms with Crippen LogP contribution in [0.2, 0.25) is 0 Å². The smallest absolute Gasteiger partial charge is 0.261 e. The summed E-state index contributed by atoms with van der Waals surface area (Å²) in [6.07, 6.45) is 0.988. The van der Waals surface area contributed by atoms with Crippen LogP contribution in [0.15, 0.2) is 53.4 Å². The Hall–Kier alpha value is -2.12. The number of nitrogens with one attached hydrogen (secondary N) is 3. The van der Waals surface area contributed by atoms with E-state index in [1.165, 1.54) is 0 Å². The average molecular weight is 364 g/mol. The molecule has 7 heteroatoms. The predicted molar refractivity (Wildman–Crippen MR) is 103 cm³/mol. The van der Waals surface area contributed by atoms with Crippen LogP contribution < -0.4 is 15.4 Å². The molecule has 0 aliphatic carbocycles. The molecule has 0 spiro atoms. The maximum atomic E-state index is 12.3. The van der Waals surface area contributed by atoms with Gasteiger partial charge in [-0.15, -0.1) is 0 Å². The average Bonchev–Trinajstić information content (AvgIpc) is 2.55. The van der Waals surface area contributed by atoms with Gasteiger partial charge in [-0.3, -0.25) is 4.72 Å². The first kappa shape index (κ1) is 18.2. The van der Waals surface area contributed by atoms with Crippen molar-refractivity contribution in [3.8, 4) is 0 Å². The molecule has 2 rings (SSSR count). The number of rotatable bonds is 6. The molecule has 3 N–H and O–H groups in total. The molecule has 2 aromatic rings. The molecule has 0 amide bonds. The van der Waals surface area contributed by atoms with Crippen molar-refractivity contribution >= 4 is 38.7 Å². The SMILES string of the molecule is CCCNC(=S)Nc1ccc(NS(=O)(=O)c2ccc(C)cc2)cc1. The first-order chi connectivity index (χ1) is 11.4. The molecule has 0 unspecified atom stereocenters. The second-order valence-corrected chi connectivity index (χ2v) is 7.47. The largest absolute Gasteiger partial charge is 0.362 e. The normalized spacial score (nSPS) is 10.9. The molecule has 0 saturated heterocycles. The lowest BCUT2D eigenvalue weighted by Crippen LogP contribution is -2.28. The third-order valence-corrected chi connectivity index (χ3v) is 4.91. The van der Waals surface area contributed by atoms with E-state index in [0.29, 0.717) is 10.8 Å². The van der Waals surface area contributed by atoms with Gasteiger partial charge in [0.1, 0.15) is 0 Å². The van der Waals surface area contributed by atoms with E-state index in [0.717, 1.165) is 24.2 Å². The van der Waals surface area contributed by atoms with Gasteiger partial charge < -0.3 is 10.6 Å². The van der Waals surface area contributed by atoms with Gasteiger partial charge in [0.2, 0.25) is 0 Å². The van der Waals surface area contributed by atoms with Crippen molar-refractivity contribution in [2.75, 3.05) is 16.6 Å². The fourth-order valence-corrected chi connectivity index (χ4v) is 3.25. The number of hydrogen-bond donors (Lipinski definition) is 3. The zero-order valence-corrected chi connectivity index (χ0v) is 15.3. The Kier molecular flexibility index (Phi) is 6.16. The second-order valence-electron chi connectivity index (χ2n) is 5.38. The minimum Gasteiger partial charge on any atom is -0.362 e. The van der Waals surface area contributed by atoms with Crippen molar-refractivity contribution < 1.29 is 8.42 Å². The summed E-state index contributed by atoms with van der Waals surface area (Å²) in [6, 6.07) is 13.6. The molecule has 0 radical (unpaired) electrons. The Morgan fingerprint density at radius 2 is 1.58 bits per heavy atom. The van der Waals surface area contributed by atoms with E-state index in [1.807, 2.05) is 6.92 Å². The van der Waals surface area contributed by atoms with Crippen molar-refractivity contribution in [2.45, 2.75) is 25.2 Å². The summed E-state index contributed by atoms with van der Waals surface area (Å²) < 4.78 is 27.2. The Balaban J connectivity index is 2.03. The van der Waals surface area contributed by atoms with E-state index in [1.54, 1.807) is 48.5 Å². The molecule has 24 heavy (non-hydrogen) atoms. The molecule has 0 saturated carbocycles. The van der Waals surface area contributed by atoms with Gasteiger partial charge >= 0.3 is 0 Å². The van der Waals surface area contributed by atoms with E-state index in [9.17, 15) is 8.42 Å². The minimum absolute atomic E-state index is 0.236. The number of thiocarbonyl (C=S) groups is 1. The van der Waals surface area contributed by atoms with Gasteiger partial charge in [0.25, 0.3) is 10.0 Å². The van der Waals surface area contributed by atoms with Crippen LogP contribution in [0, 0.1) is 6.92 Å². The first-order valence-corrected chi connectivity index (χ1v) is 9.54. The van der Waals surface area contributed by atoms with E-state index in [4.69, 9.17) is 12.2 Å². The van der Waals surface area contributed by atoms with E-state index >= 15 is 0 Å². The molecule has 0 atom stereocenters. The Morgan fingerprint density at radius 1 is 1.00 bits per heavy atom. The number of benzene rings is 2. The van der Waals surface area contributed by atoms with Gasteiger partial charge in [-0.1, -0.05) is 24.6 Å². The van der Waals surface area contributed by atoms with E-state index in [-0.39, 0.29) is 4.90 Å². The highest BCUT2D eigenvalue weighted by Gasteiger charge is 2.13. The van der Waals surface area contributed by atoms with Gasteiger partial charge in [0, 0.05) is 17.9 Å². The molecule has 0 aliphatic heterocycles. The molecule has 5 nitrogen and oxygen atoms in total. The topological polar surface area (TPSA) is 70.2 Å². The van der Waals surface area contributed by atoms with Crippen molar-refractivity contribution in [1.82, 2.24) is 5.32 Å². The summed E-state index contributed by atoms with van der Waals surface area (Å²) in [4.78, 5) is 0.236. The monoisotopic (exact) mass is 363 g/mol. The minimum atomic E-state index is -3.59. The fourth-order valence-electron chi connectivity index (χ4n) is 1.97. The molecular formula is C17H21N3O2S2. The third kappa shape index (κ3) is 5.21. The van der Waals surface area contributed by atoms with E-state index < -0.39 is 10.0 Å². The van der Waals surface area contributed by atoms with Crippen LogP contribution in [-0.2, 0) is 10.0 Å². The number of sulfonamides is 1. The quantitative estimate of drug-likeness (QED) is 0.686. The maximum absolute atomic E-state index is 12.3. The van der Waals surface area contributed by atoms with Crippen LogP contribution in [0.3, 0.4) is 0 Å². The molecule has 0 fully saturated rings. The van der Waals surface area contributed by atoms with E-state index in [2.05, 4.69) is 22.3 Å². The zero-order valence-electron chi connectivity index (χ0n) is 13.7. The summed E-state index contributed by atoms with van der Waals surface area (Å²) in [5.74, 6) is 0. The highest BCUT2D eigenvalue weighted by molar-refractivity contribution is 7.92. The molecule has 0 bridgehead atoms. The van der Waals surface area contributed by atoms with Crippen LogP contribution in [0.4, 0.5) is 11.4 Å². The molecule has 2 aromatic carbocycles. The van der Waals surface area contributed by atoms with Gasteiger partial charge in [0.05, 0.1) is 4.90 Å². The van der Waals surface area contributed by atoms with Crippen molar-refractivity contribution in [2.24, 2.45) is 0 Å². The summed E-state index contributed by atoms with van der Waals surface area (Å²) in [6.45, 7) is 4.78. The molecule has 0 aromatic heterocycles. The van der Waals surface area contributed by atoms with Gasteiger partial charge in [-0.2, -0.15) is 0 Å². The van der Waals surface area contributed by atoms with Crippen molar-refractivity contribution in [3.05, 3.63) is 54.1 Å². The summed E-state index contributed by atoms with van der Waals surface area (Å²) >= 11 is 5.16. The predicted octanol–water partition coefficient (Wildman–Crippen LogP) is 3.49. The van der Waals surface area contributed by atoms with Crippen LogP contribution in [-0.4, -0.2) is 20.1 Å². The molecule has 128 valence electrons. The van der Waals surface area contributed by atoms with Crippen LogP contribution in [0.25, 0.3) is 0 Å². The number of hydrogen-bond acceptors (Lipinski definition) is 3. The number of anilines is 2. The highest BCUT2D eigenvalue weighted by atomic mass is 32.2. The summed E-state index contributed by atoms with van der Waals surface area (Å²) in [5, 5.41) is 6.66. The summed E-state index contributed by atoms with van der Waals surface area (Å²) in [7, 11) is -3.59. The fraction of sp³-hybridized carbons (Fsp3) is 0.235. The van der Waals surface area contributed by atoms with Gasteiger partial charge in [0.15, 0.2) is 5.11 Å². The maximum Gasteiger partial charge on any atom is 0.261 e. The van der Waals surface area contributed by atoms with Crippen LogP contribution >= 0.6 is 12.2 Å². The van der Waals surface area contributed by atoms with Crippen molar-refractivity contribution in [3.63, 3.8) is 0 Å². The second kappa shape index (κ2) is 8.12. The van der Waals surface area contributed by atoms with Gasteiger partial charge in [-0.05, 0) is 62.0 Å².